The highest BCUT2D eigenvalue weighted by atomic mass is 35.5. The van der Waals surface area contributed by atoms with Crippen molar-refractivity contribution in [3.05, 3.63) is 49.6 Å². The molecule has 1 heterocycles. The normalized spacial score (nSPS) is 14.1. The van der Waals surface area contributed by atoms with Crippen LogP contribution in [0.15, 0.2) is 24.3 Å². The van der Waals surface area contributed by atoms with Crippen LogP contribution < -0.4 is 5.32 Å². The van der Waals surface area contributed by atoms with Crippen molar-refractivity contribution in [3.8, 4) is 0 Å². The lowest BCUT2D eigenvalue weighted by molar-refractivity contribution is -0.123. The third-order valence-electron chi connectivity index (χ3n) is 3.79. The summed E-state index contributed by atoms with van der Waals surface area (Å²) in [4.78, 5) is 26.2. The van der Waals surface area contributed by atoms with Crippen LogP contribution >= 0.6 is 34.5 Å². The lowest BCUT2D eigenvalue weighted by atomic mass is 10.2. The summed E-state index contributed by atoms with van der Waals surface area (Å²) in [5.74, 6) is -0.920. The maximum Gasteiger partial charge on any atom is 0.349 e. The number of aryl methyl sites for hydroxylation is 2. The molecule has 1 aliphatic rings. The number of hydrogen-bond acceptors (Lipinski definition) is 4. The fourth-order valence-electron chi connectivity index (χ4n) is 2.53. The Morgan fingerprint density at radius 3 is 2.75 bits per heavy atom. The Bertz CT molecular complexity index is 782. The quantitative estimate of drug-likeness (QED) is 0.776. The summed E-state index contributed by atoms with van der Waals surface area (Å²) in [7, 11) is 0. The highest BCUT2D eigenvalue weighted by molar-refractivity contribution is 7.14. The summed E-state index contributed by atoms with van der Waals surface area (Å²) >= 11 is 13.3. The van der Waals surface area contributed by atoms with Gasteiger partial charge in [-0.2, -0.15) is 0 Å². The predicted molar refractivity (Wildman–Crippen MR) is 96.3 cm³/mol. The Hall–Kier alpha value is -1.56. The number of carbonyl (C=O) groups excluding carboxylic acids is 2. The second-order valence-corrected chi connectivity index (χ2v) is 7.55. The van der Waals surface area contributed by atoms with Gasteiger partial charge in [-0.15, -0.1) is 11.3 Å². The standard InChI is InChI=1S/C17H15Cl2NO3S/c1-9(16(21)20-13-6-5-11(18)8-12(13)19)23-17(22)15-7-10-3-2-4-14(10)24-15/h5-9H,2-4H2,1H3,(H,20,21)/t9-/m1/s1. The number of benzene rings is 1. The summed E-state index contributed by atoms with van der Waals surface area (Å²) in [6, 6.07) is 6.62. The molecule has 0 fully saturated rings. The van der Waals surface area contributed by atoms with Crippen molar-refractivity contribution in [1.82, 2.24) is 0 Å². The van der Waals surface area contributed by atoms with Gasteiger partial charge >= 0.3 is 5.97 Å². The third kappa shape index (κ3) is 3.74. The molecular formula is C17H15Cl2NO3S. The van der Waals surface area contributed by atoms with E-state index in [4.69, 9.17) is 27.9 Å². The number of esters is 1. The number of carbonyl (C=O) groups is 2. The molecule has 0 unspecified atom stereocenters. The molecule has 1 atom stereocenters. The molecular weight excluding hydrogens is 369 g/mol. The molecule has 1 aromatic heterocycles. The summed E-state index contributed by atoms with van der Waals surface area (Å²) in [5.41, 5.74) is 1.64. The number of thiophene rings is 1. The van der Waals surface area contributed by atoms with Crippen LogP contribution in [0.2, 0.25) is 10.0 Å². The molecule has 4 nitrogen and oxygen atoms in total. The van der Waals surface area contributed by atoms with Crippen LogP contribution in [-0.4, -0.2) is 18.0 Å². The Kier molecular flexibility index (Phi) is 5.13. The molecule has 1 N–H and O–H groups in total. The Balaban J connectivity index is 1.61. The summed E-state index contributed by atoms with van der Waals surface area (Å²) in [6.07, 6.45) is 2.22. The second kappa shape index (κ2) is 7.13. The van der Waals surface area contributed by atoms with Gasteiger partial charge < -0.3 is 10.1 Å². The van der Waals surface area contributed by atoms with Gasteiger partial charge in [0.1, 0.15) is 4.88 Å². The number of halogens is 2. The molecule has 24 heavy (non-hydrogen) atoms. The average molecular weight is 384 g/mol. The van der Waals surface area contributed by atoms with Crippen LogP contribution in [0.1, 0.15) is 33.5 Å². The zero-order valence-corrected chi connectivity index (χ0v) is 15.2. The maximum absolute atomic E-state index is 12.2. The van der Waals surface area contributed by atoms with Gasteiger partial charge in [0.2, 0.25) is 0 Å². The van der Waals surface area contributed by atoms with Crippen molar-refractivity contribution in [2.75, 3.05) is 5.32 Å². The second-order valence-electron chi connectivity index (χ2n) is 5.57. The largest absolute Gasteiger partial charge is 0.448 e. The van der Waals surface area contributed by atoms with E-state index in [2.05, 4.69) is 5.32 Å². The van der Waals surface area contributed by atoms with Gasteiger partial charge in [-0.1, -0.05) is 23.2 Å². The third-order valence-corrected chi connectivity index (χ3v) is 5.55. The van der Waals surface area contributed by atoms with E-state index in [1.54, 1.807) is 12.1 Å². The van der Waals surface area contributed by atoms with Gasteiger partial charge in [-0.3, -0.25) is 4.79 Å². The number of anilines is 1. The highest BCUT2D eigenvalue weighted by Crippen LogP contribution is 2.31. The van der Waals surface area contributed by atoms with Gasteiger partial charge in [-0.25, -0.2) is 4.79 Å². The SMILES string of the molecule is C[C@@H](OC(=O)c1cc2c(s1)CCC2)C(=O)Nc1ccc(Cl)cc1Cl. The molecule has 1 aromatic carbocycles. The first-order valence-electron chi connectivity index (χ1n) is 7.52. The highest BCUT2D eigenvalue weighted by Gasteiger charge is 2.23. The molecule has 0 spiro atoms. The molecule has 3 rings (SSSR count). The van der Waals surface area contributed by atoms with Gasteiger partial charge in [0.15, 0.2) is 6.10 Å². The number of nitrogens with one attached hydrogen (secondary N) is 1. The van der Waals surface area contributed by atoms with E-state index >= 15 is 0 Å². The molecule has 126 valence electrons. The minimum Gasteiger partial charge on any atom is -0.448 e. The molecule has 0 aliphatic heterocycles. The predicted octanol–water partition coefficient (Wildman–Crippen LogP) is 4.73. The van der Waals surface area contributed by atoms with E-state index in [1.807, 2.05) is 6.07 Å². The van der Waals surface area contributed by atoms with Gasteiger partial charge in [0.05, 0.1) is 10.7 Å². The van der Waals surface area contributed by atoms with Gasteiger partial charge in [0, 0.05) is 9.90 Å². The summed E-state index contributed by atoms with van der Waals surface area (Å²) < 4.78 is 5.26. The smallest absolute Gasteiger partial charge is 0.349 e. The number of amides is 1. The van der Waals surface area contributed by atoms with E-state index in [0.717, 1.165) is 19.3 Å². The van der Waals surface area contributed by atoms with Crippen LogP contribution in [0.5, 0.6) is 0 Å². The number of rotatable bonds is 4. The van der Waals surface area contributed by atoms with Crippen LogP contribution in [0.25, 0.3) is 0 Å². The zero-order valence-electron chi connectivity index (χ0n) is 12.9. The summed E-state index contributed by atoms with van der Waals surface area (Å²) in [6.45, 7) is 1.53. The molecule has 0 saturated heterocycles. The van der Waals surface area contributed by atoms with Crippen molar-refractivity contribution >= 4 is 52.1 Å². The van der Waals surface area contributed by atoms with Crippen molar-refractivity contribution in [2.24, 2.45) is 0 Å². The van der Waals surface area contributed by atoms with E-state index in [0.29, 0.717) is 20.6 Å². The lowest BCUT2D eigenvalue weighted by Gasteiger charge is -2.14. The number of ether oxygens (including phenoxy) is 1. The van der Waals surface area contributed by atoms with Gasteiger partial charge in [-0.05, 0) is 56.0 Å². The minimum absolute atomic E-state index is 0.323. The Morgan fingerprint density at radius 2 is 2.04 bits per heavy atom. The van der Waals surface area contributed by atoms with E-state index in [9.17, 15) is 9.59 Å². The van der Waals surface area contributed by atoms with E-state index in [1.165, 1.54) is 34.8 Å². The van der Waals surface area contributed by atoms with Crippen molar-refractivity contribution in [3.63, 3.8) is 0 Å². The number of fused-ring (bicyclic) bond motifs is 1. The monoisotopic (exact) mass is 383 g/mol. The lowest BCUT2D eigenvalue weighted by Crippen LogP contribution is -2.29. The molecule has 0 radical (unpaired) electrons. The first kappa shape index (κ1) is 17.3. The van der Waals surface area contributed by atoms with Crippen molar-refractivity contribution in [2.45, 2.75) is 32.3 Å². The Labute approximate surface area is 153 Å². The Morgan fingerprint density at radius 1 is 1.25 bits per heavy atom. The van der Waals surface area contributed by atoms with Crippen LogP contribution in [0.4, 0.5) is 5.69 Å². The minimum atomic E-state index is -0.929. The first-order chi connectivity index (χ1) is 11.4. The zero-order chi connectivity index (χ0) is 17.3. The van der Waals surface area contributed by atoms with Crippen molar-refractivity contribution in [1.29, 1.82) is 0 Å². The molecule has 0 bridgehead atoms. The summed E-state index contributed by atoms with van der Waals surface area (Å²) in [5, 5.41) is 3.43. The fraction of sp³-hybridized carbons (Fsp3) is 0.294. The fourth-order valence-corrected chi connectivity index (χ4v) is 4.12. The molecule has 2 aromatic rings. The van der Waals surface area contributed by atoms with Gasteiger partial charge in [0.25, 0.3) is 5.91 Å². The van der Waals surface area contributed by atoms with E-state index in [-0.39, 0.29) is 0 Å². The molecule has 0 saturated carbocycles. The number of hydrogen-bond donors (Lipinski definition) is 1. The van der Waals surface area contributed by atoms with E-state index < -0.39 is 18.0 Å². The first-order valence-corrected chi connectivity index (χ1v) is 9.10. The van der Waals surface area contributed by atoms with Crippen LogP contribution in [-0.2, 0) is 22.4 Å². The van der Waals surface area contributed by atoms with Crippen LogP contribution in [0.3, 0.4) is 0 Å². The topological polar surface area (TPSA) is 55.4 Å². The average Bonchev–Trinajstić information content (AvgIpc) is 3.11. The maximum atomic E-state index is 12.2. The molecule has 7 heteroatoms. The van der Waals surface area contributed by atoms with Crippen molar-refractivity contribution < 1.29 is 14.3 Å². The van der Waals surface area contributed by atoms with Crippen LogP contribution in [0, 0.1) is 0 Å². The molecule has 1 aliphatic carbocycles. The molecule has 1 amide bonds.